The van der Waals surface area contributed by atoms with Crippen LogP contribution in [0.5, 0.6) is 0 Å². The summed E-state index contributed by atoms with van der Waals surface area (Å²) in [6.07, 6.45) is 2.07. The van der Waals surface area contributed by atoms with Crippen LogP contribution in [0.2, 0.25) is 0 Å². The number of rotatable bonds is 5. The van der Waals surface area contributed by atoms with Gasteiger partial charge >= 0.3 is 0 Å². The lowest BCUT2D eigenvalue weighted by Gasteiger charge is -2.10. The van der Waals surface area contributed by atoms with Gasteiger partial charge in [-0.1, -0.05) is 36.4 Å². The predicted molar refractivity (Wildman–Crippen MR) is 69.5 cm³/mol. The third kappa shape index (κ3) is 4.51. The SMILES string of the molecule is CC(N)S/C(=C\CC(N)=O)c1ccccc1. The van der Waals surface area contributed by atoms with Crippen molar-refractivity contribution >= 4 is 22.6 Å². The zero-order valence-electron chi connectivity index (χ0n) is 9.22. The molecule has 1 atom stereocenters. The minimum atomic E-state index is -0.335. The van der Waals surface area contributed by atoms with Gasteiger partial charge in [0.25, 0.3) is 0 Å². The molecule has 0 bridgehead atoms. The fraction of sp³-hybridized carbons (Fsp3) is 0.250. The average Bonchev–Trinajstić information content (AvgIpc) is 2.25. The van der Waals surface area contributed by atoms with Crippen molar-refractivity contribution in [1.82, 2.24) is 0 Å². The van der Waals surface area contributed by atoms with E-state index in [0.29, 0.717) is 0 Å². The average molecular weight is 236 g/mol. The number of amides is 1. The summed E-state index contributed by atoms with van der Waals surface area (Å²) >= 11 is 1.53. The lowest BCUT2D eigenvalue weighted by Crippen LogP contribution is -2.10. The van der Waals surface area contributed by atoms with Crippen LogP contribution >= 0.6 is 11.8 Å². The van der Waals surface area contributed by atoms with E-state index in [2.05, 4.69) is 0 Å². The largest absolute Gasteiger partial charge is 0.369 e. The van der Waals surface area contributed by atoms with E-state index in [9.17, 15) is 4.79 Å². The highest BCUT2D eigenvalue weighted by Crippen LogP contribution is 2.29. The monoisotopic (exact) mass is 236 g/mol. The van der Waals surface area contributed by atoms with E-state index in [4.69, 9.17) is 11.5 Å². The summed E-state index contributed by atoms with van der Waals surface area (Å²) in [5.41, 5.74) is 11.9. The zero-order chi connectivity index (χ0) is 12.0. The molecule has 3 nitrogen and oxygen atoms in total. The van der Waals surface area contributed by atoms with Crippen LogP contribution in [0.25, 0.3) is 4.91 Å². The molecular formula is C12H16N2OS. The van der Waals surface area contributed by atoms with E-state index >= 15 is 0 Å². The molecule has 0 spiro atoms. The molecule has 0 aliphatic rings. The molecule has 1 unspecified atom stereocenters. The number of hydrogen-bond donors (Lipinski definition) is 2. The van der Waals surface area contributed by atoms with Crippen LogP contribution in [-0.4, -0.2) is 11.3 Å². The van der Waals surface area contributed by atoms with Gasteiger partial charge in [0.05, 0.1) is 5.37 Å². The molecule has 16 heavy (non-hydrogen) atoms. The van der Waals surface area contributed by atoms with Crippen LogP contribution in [-0.2, 0) is 4.79 Å². The maximum absolute atomic E-state index is 10.8. The summed E-state index contributed by atoms with van der Waals surface area (Å²) in [6, 6.07) is 9.83. The molecule has 0 saturated carbocycles. The standard InChI is InChI=1S/C12H16N2OS/c1-9(13)16-11(7-8-12(14)15)10-5-3-2-4-6-10/h2-7,9H,8,13H2,1H3,(H2,14,15)/b11-7-. The summed E-state index contributed by atoms with van der Waals surface area (Å²) in [6.45, 7) is 1.91. The topological polar surface area (TPSA) is 69.1 Å². The molecule has 0 heterocycles. The number of benzene rings is 1. The maximum atomic E-state index is 10.8. The smallest absolute Gasteiger partial charge is 0.221 e. The van der Waals surface area contributed by atoms with Gasteiger partial charge in [-0.2, -0.15) is 0 Å². The van der Waals surface area contributed by atoms with Crippen LogP contribution < -0.4 is 11.5 Å². The highest BCUT2D eigenvalue weighted by atomic mass is 32.2. The summed E-state index contributed by atoms with van der Waals surface area (Å²) in [4.78, 5) is 11.8. The second-order valence-electron chi connectivity index (χ2n) is 3.43. The lowest BCUT2D eigenvalue weighted by molar-refractivity contribution is -0.117. The molecule has 1 amide bonds. The van der Waals surface area contributed by atoms with Crippen molar-refractivity contribution in [3.8, 4) is 0 Å². The third-order valence-corrected chi connectivity index (χ3v) is 2.89. The first kappa shape index (κ1) is 12.8. The van der Waals surface area contributed by atoms with E-state index in [-0.39, 0.29) is 17.7 Å². The second kappa shape index (κ2) is 6.35. The Morgan fingerprint density at radius 2 is 2.06 bits per heavy atom. The van der Waals surface area contributed by atoms with Crippen molar-refractivity contribution in [2.24, 2.45) is 11.5 Å². The highest BCUT2D eigenvalue weighted by molar-refractivity contribution is 8.08. The minimum absolute atomic E-state index is 0.0145. The predicted octanol–water partition coefficient (Wildman–Crippen LogP) is 1.94. The van der Waals surface area contributed by atoms with Crippen molar-refractivity contribution in [3.05, 3.63) is 42.0 Å². The molecule has 0 aliphatic heterocycles. The van der Waals surface area contributed by atoms with Crippen molar-refractivity contribution in [2.45, 2.75) is 18.7 Å². The summed E-state index contributed by atoms with van der Waals surface area (Å²) in [7, 11) is 0. The molecule has 0 radical (unpaired) electrons. The van der Waals surface area contributed by atoms with Gasteiger partial charge in [0.15, 0.2) is 0 Å². The molecule has 0 saturated heterocycles. The second-order valence-corrected chi connectivity index (χ2v) is 4.85. The van der Waals surface area contributed by atoms with Gasteiger partial charge in [-0.05, 0) is 12.5 Å². The fourth-order valence-electron chi connectivity index (χ4n) is 1.23. The first-order valence-corrected chi connectivity index (χ1v) is 5.93. The van der Waals surface area contributed by atoms with Crippen LogP contribution in [0.4, 0.5) is 0 Å². The Kier molecular flexibility index (Phi) is 5.08. The quantitative estimate of drug-likeness (QED) is 0.768. The van der Waals surface area contributed by atoms with Crippen LogP contribution in [0.15, 0.2) is 36.4 Å². The third-order valence-electron chi connectivity index (χ3n) is 1.86. The van der Waals surface area contributed by atoms with Crippen LogP contribution in [0.3, 0.4) is 0 Å². The first-order valence-electron chi connectivity index (χ1n) is 5.05. The zero-order valence-corrected chi connectivity index (χ0v) is 10.0. The van der Waals surface area contributed by atoms with Gasteiger partial charge in [0.1, 0.15) is 0 Å². The molecule has 4 N–H and O–H groups in total. The highest BCUT2D eigenvalue weighted by Gasteiger charge is 2.05. The van der Waals surface area contributed by atoms with Crippen LogP contribution in [0.1, 0.15) is 18.9 Å². The maximum Gasteiger partial charge on any atom is 0.221 e. The van der Waals surface area contributed by atoms with Crippen molar-refractivity contribution in [2.75, 3.05) is 0 Å². The molecule has 0 aliphatic carbocycles. The molecule has 1 rings (SSSR count). The Morgan fingerprint density at radius 3 is 2.56 bits per heavy atom. The van der Waals surface area contributed by atoms with Crippen molar-refractivity contribution < 1.29 is 4.79 Å². The van der Waals surface area contributed by atoms with E-state index in [1.807, 2.05) is 43.3 Å². The van der Waals surface area contributed by atoms with Gasteiger partial charge in [-0.3, -0.25) is 4.79 Å². The Labute approximate surface area is 99.9 Å². The summed E-state index contributed by atoms with van der Waals surface area (Å²) in [5, 5.41) is -0.0145. The van der Waals surface area contributed by atoms with Crippen molar-refractivity contribution in [3.63, 3.8) is 0 Å². The Bertz CT molecular complexity index is 374. The van der Waals surface area contributed by atoms with E-state index in [0.717, 1.165) is 10.5 Å². The van der Waals surface area contributed by atoms with Gasteiger partial charge in [-0.25, -0.2) is 0 Å². The molecule has 1 aromatic carbocycles. The van der Waals surface area contributed by atoms with Gasteiger partial charge in [-0.15, -0.1) is 11.8 Å². The molecule has 86 valence electrons. The van der Waals surface area contributed by atoms with Crippen molar-refractivity contribution in [1.29, 1.82) is 0 Å². The fourth-order valence-corrected chi connectivity index (χ4v) is 2.08. The van der Waals surface area contributed by atoms with E-state index in [1.165, 1.54) is 11.8 Å². The first-order chi connectivity index (χ1) is 7.59. The van der Waals surface area contributed by atoms with Gasteiger partial charge < -0.3 is 11.5 Å². The molecule has 0 fully saturated rings. The molecule has 4 heteroatoms. The molecule has 1 aromatic rings. The van der Waals surface area contributed by atoms with E-state index < -0.39 is 0 Å². The number of hydrogen-bond acceptors (Lipinski definition) is 3. The van der Waals surface area contributed by atoms with Gasteiger partial charge in [0.2, 0.25) is 5.91 Å². The Hall–Kier alpha value is -1.26. The van der Waals surface area contributed by atoms with E-state index in [1.54, 1.807) is 0 Å². The number of primary amides is 1. The lowest BCUT2D eigenvalue weighted by atomic mass is 10.2. The summed E-state index contributed by atoms with van der Waals surface area (Å²) in [5.74, 6) is -0.335. The number of carbonyl (C=O) groups excluding carboxylic acids is 1. The number of carbonyl (C=O) groups is 1. The molecule has 0 aromatic heterocycles. The Balaban J connectivity index is 2.87. The number of nitrogens with two attached hydrogens (primary N) is 2. The molecular weight excluding hydrogens is 220 g/mol. The van der Waals surface area contributed by atoms with Gasteiger partial charge in [0, 0.05) is 11.3 Å². The summed E-state index contributed by atoms with van der Waals surface area (Å²) < 4.78 is 0. The van der Waals surface area contributed by atoms with Crippen LogP contribution in [0, 0.1) is 0 Å². The minimum Gasteiger partial charge on any atom is -0.369 e. The normalized spacial score (nSPS) is 13.5. The number of thioether (sulfide) groups is 1. The Morgan fingerprint density at radius 1 is 1.44 bits per heavy atom.